The average Bonchev–Trinajstić information content (AvgIpc) is 3.01. The third-order valence-corrected chi connectivity index (χ3v) is 4.71. The quantitative estimate of drug-likeness (QED) is 0.648. The van der Waals surface area contributed by atoms with Gasteiger partial charge < -0.3 is 9.73 Å². The van der Waals surface area contributed by atoms with Gasteiger partial charge in [0.2, 0.25) is 0 Å². The number of halogens is 2. The van der Waals surface area contributed by atoms with E-state index in [4.69, 9.17) is 4.42 Å². The number of nitrogens with one attached hydrogen (secondary N) is 1. The van der Waals surface area contributed by atoms with Crippen molar-refractivity contribution in [1.29, 1.82) is 0 Å². The van der Waals surface area contributed by atoms with E-state index in [2.05, 4.69) is 55.4 Å². The minimum atomic E-state index is -2.37. The van der Waals surface area contributed by atoms with E-state index in [1.54, 1.807) is 6.07 Å². The SMILES string of the molecule is CC(C)N(C)Cc1cccc(CNCc2ccc(CSC(F)F)o2)c1. The molecule has 0 radical (unpaired) electrons. The third-order valence-electron chi connectivity index (χ3n) is 4.00. The molecule has 0 aliphatic rings. The summed E-state index contributed by atoms with van der Waals surface area (Å²) < 4.78 is 29.9. The molecule has 25 heavy (non-hydrogen) atoms. The normalized spacial score (nSPS) is 11.8. The van der Waals surface area contributed by atoms with Crippen LogP contribution in [0.3, 0.4) is 0 Å². The summed E-state index contributed by atoms with van der Waals surface area (Å²) >= 11 is 0.575. The van der Waals surface area contributed by atoms with Crippen LogP contribution in [0.4, 0.5) is 8.78 Å². The minimum absolute atomic E-state index is 0.198. The highest BCUT2D eigenvalue weighted by molar-refractivity contribution is 7.98. The van der Waals surface area contributed by atoms with Crippen LogP contribution in [0, 0.1) is 0 Å². The molecule has 0 atom stereocenters. The first-order valence-corrected chi connectivity index (χ1v) is 9.45. The van der Waals surface area contributed by atoms with E-state index in [1.807, 2.05) is 6.07 Å². The maximum atomic E-state index is 12.2. The third kappa shape index (κ3) is 7.18. The van der Waals surface area contributed by atoms with Crippen LogP contribution in [0.15, 0.2) is 40.8 Å². The summed E-state index contributed by atoms with van der Waals surface area (Å²) in [6.07, 6.45) is 0. The van der Waals surface area contributed by atoms with Crippen molar-refractivity contribution < 1.29 is 13.2 Å². The van der Waals surface area contributed by atoms with E-state index < -0.39 is 5.76 Å². The molecule has 1 aromatic heterocycles. The number of furan rings is 1. The Morgan fingerprint density at radius 1 is 1.08 bits per heavy atom. The molecule has 3 nitrogen and oxygen atoms in total. The van der Waals surface area contributed by atoms with Crippen LogP contribution in [0.2, 0.25) is 0 Å². The first-order valence-electron chi connectivity index (χ1n) is 8.40. The molecule has 0 unspecified atom stereocenters. The molecule has 138 valence electrons. The van der Waals surface area contributed by atoms with Gasteiger partial charge in [-0.3, -0.25) is 4.90 Å². The highest BCUT2D eigenvalue weighted by Gasteiger charge is 2.08. The van der Waals surface area contributed by atoms with Crippen molar-refractivity contribution >= 4 is 11.8 Å². The molecular weight excluding hydrogens is 342 g/mol. The van der Waals surface area contributed by atoms with Crippen molar-refractivity contribution in [2.24, 2.45) is 0 Å². The number of rotatable bonds is 10. The molecule has 1 aromatic carbocycles. The fourth-order valence-corrected chi connectivity index (χ4v) is 2.82. The maximum Gasteiger partial charge on any atom is 0.284 e. The van der Waals surface area contributed by atoms with E-state index in [0.717, 1.165) is 18.8 Å². The molecule has 0 fully saturated rings. The van der Waals surface area contributed by atoms with Gasteiger partial charge >= 0.3 is 0 Å². The van der Waals surface area contributed by atoms with E-state index >= 15 is 0 Å². The molecule has 0 spiro atoms. The molecule has 0 bridgehead atoms. The monoisotopic (exact) mass is 368 g/mol. The van der Waals surface area contributed by atoms with E-state index in [0.29, 0.717) is 30.1 Å². The second-order valence-corrected chi connectivity index (χ2v) is 7.35. The lowest BCUT2D eigenvalue weighted by atomic mass is 10.1. The fourth-order valence-electron chi connectivity index (χ4n) is 2.38. The van der Waals surface area contributed by atoms with Crippen molar-refractivity contribution in [1.82, 2.24) is 10.2 Å². The molecule has 6 heteroatoms. The second-order valence-electron chi connectivity index (χ2n) is 6.37. The van der Waals surface area contributed by atoms with Gasteiger partial charge in [0.25, 0.3) is 5.76 Å². The van der Waals surface area contributed by atoms with Gasteiger partial charge in [0.05, 0.1) is 12.3 Å². The zero-order chi connectivity index (χ0) is 18.2. The Labute approximate surface area is 152 Å². The predicted octanol–water partition coefficient (Wildman–Crippen LogP) is 4.87. The van der Waals surface area contributed by atoms with E-state index in [-0.39, 0.29) is 5.75 Å². The van der Waals surface area contributed by atoms with E-state index in [1.165, 1.54) is 11.1 Å². The van der Waals surface area contributed by atoms with Crippen LogP contribution < -0.4 is 5.32 Å². The lowest BCUT2D eigenvalue weighted by Gasteiger charge is -2.21. The number of alkyl halides is 2. The van der Waals surface area contributed by atoms with Gasteiger partial charge in [-0.1, -0.05) is 36.0 Å². The van der Waals surface area contributed by atoms with Crippen LogP contribution in [0.5, 0.6) is 0 Å². The van der Waals surface area contributed by atoms with Crippen molar-refractivity contribution in [3.8, 4) is 0 Å². The first-order chi connectivity index (χ1) is 11.9. The number of nitrogens with zero attached hydrogens (tertiary/aromatic N) is 1. The molecule has 0 saturated carbocycles. The molecule has 2 rings (SSSR count). The summed E-state index contributed by atoms with van der Waals surface area (Å²) in [5.41, 5.74) is 2.51. The standard InChI is InChI=1S/C19H26F2N2OS/c1-14(2)23(3)12-16-6-4-5-15(9-16)10-22-11-17-7-8-18(24-17)13-25-19(20)21/h4-9,14,19,22H,10-13H2,1-3H3. The van der Waals surface area contributed by atoms with Crippen LogP contribution in [0.1, 0.15) is 36.5 Å². The smallest absolute Gasteiger partial charge is 0.284 e. The Morgan fingerprint density at radius 2 is 1.80 bits per heavy atom. The zero-order valence-electron chi connectivity index (χ0n) is 15.0. The molecule has 0 saturated heterocycles. The van der Waals surface area contributed by atoms with Gasteiger partial charge in [0.15, 0.2) is 0 Å². The molecule has 2 aromatic rings. The Balaban J connectivity index is 1.80. The molecule has 0 aliphatic carbocycles. The molecule has 0 aliphatic heterocycles. The van der Waals surface area contributed by atoms with Crippen molar-refractivity contribution in [2.75, 3.05) is 7.05 Å². The lowest BCUT2D eigenvalue weighted by Crippen LogP contribution is -2.25. The first kappa shape index (κ1) is 19.9. The largest absolute Gasteiger partial charge is 0.464 e. The highest BCUT2D eigenvalue weighted by Crippen LogP contribution is 2.21. The van der Waals surface area contributed by atoms with Gasteiger partial charge in [0, 0.05) is 19.1 Å². The van der Waals surface area contributed by atoms with Crippen molar-refractivity contribution in [3.63, 3.8) is 0 Å². The van der Waals surface area contributed by atoms with Gasteiger partial charge in [0.1, 0.15) is 11.5 Å². The van der Waals surface area contributed by atoms with Crippen LogP contribution in [0.25, 0.3) is 0 Å². The summed E-state index contributed by atoms with van der Waals surface area (Å²) in [5.74, 6) is -0.821. The fraction of sp³-hybridized carbons (Fsp3) is 0.474. The number of hydrogen-bond acceptors (Lipinski definition) is 4. The lowest BCUT2D eigenvalue weighted by molar-refractivity contribution is 0.251. The number of thioether (sulfide) groups is 1. The maximum absolute atomic E-state index is 12.2. The summed E-state index contributed by atoms with van der Waals surface area (Å²) in [4.78, 5) is 2.30. The number of hydrogen-bond donors (Lipinski definition) is 1. The van der Waals surface area contributed by atoms with Gasteiger partial charge in [-0.05, 0) is 44.2 Å². The second kappa shape index (κ2) is 9.94. The van der Waals surface area contributed by atoms with Crippen molar-refractivity contribution in [3.05, 3.63) is 59.0 Å². The summed E-state index contributed by atoms with van der Waals surface area (Å²) in [7, 11) is 2.12. The van der Waals surface area contributed by atoms with Gasteiger partial charge in [-0.2, -0.15) is 8.78 Å². The average molecular weight is 368 g/mol. The summed E-state index contributed by atoms with van der Waals surface area (Å²) in [6, 6.07) is 12.6. The van der Waals surface area contributed by atoms with Crippen molar-refractivity contribution in [2.45, 2.75) is 51.0 Å². The van der Waals surface area contributed by atoms with E-state index in [9.17, 15) is 8.78 Å². The Bertz CT molecular complexity index is 646. The Morgan fingerprint density at radius 3 is 2.52 bits per heavy atom. The zero-order valence-corrected chi connectivity index (χ0v) is 15.8. The molecule has 1 heterocycles. The molecular formula is C19H26F2N2OS. The minimum Gasteiger partial charge on any atom is -0.464 e. The Hall–Kier alpha value is -1.37. The molecule has 1 N–H and O–H groups in total. The predicted molar refractivity (Wildman–Crippen MR) is 99.6 cm³/mol. The van der Waals surface area contributed by atoms with Gasteiger partial charge in [-0.15, -0.1) is 0 Å². The van der Waals surface area contributed by atoms with Crippen LogP contribution in [-0.4, -0.2) is 23.7 Å². The molecule has 0 amide bonds. The topological polar surface area (TPSA) is 28.4 Å². The summed E-state index contributed by atoms with van der Waals surface area (Å²) in [5, 5.41) is 3.34. The van der Waals surface area contributed by atoms with Gasteiger partial charge in [-0.25, -0.2) is 0 Å². The van der Waals surface area contributed by atoms with Crippen LogP contribution in [-0.2, 0) is 25.4 Å². The highest BCUT2D eigenvalue weighted by atomic mass is 32.2. The summed E-state index contributed by atoms with van der Waals surface area (Å²) in [6.45, 7) is 6.61. The van der Waals surface area contributed by atoms with Crippen LogP contribution >= 0.6 is 11.8 Å². The Kier molecular flexibility index (Phi) is 7.93. The number of benzene rings is 1.